The lowest BCUT2D eigenvalue weighted by molar-refractivity contribution is -0.144. The lowest BCUT2D eigenvalue weighted by atomic mass is 9.85. The monoisotopic (exact) mass is 419 g/mol. The Kier molecular flexibility index (Phi) is 5.84. The van der Waals surface area contributed by atoms with Crippen LogP contribution in [0.4, 0.5) is 10.5 Å². The minimum atomic E-state index is -0.784. The van der Waals surface area contributed by atoms with Crippen molar-refractivity contribution in [1.82, 2.24) is 9.80 Å². The summed E-state index contributed by atoms with van der Waals surface area (Å²) in [7, 11) is 0. The molecule has 0 spiro atoms. The van der Waals surface area contributed by atoms with E-state index in [4.69, 9.17) is 0 Å². The van der Waals surface area contributed by atoms with E-state index in [1.807, 2.05) is 25.1 Å². The van der Waals surface area contributed by atoms with Crippen LogP contribution >= 0.6 is 0 Å². The fourth-order valence-corrected chi connectivity index (χ4v) is 4.30. The summed E-state index contributed by atoms with van der Waals surface area (Å²) >= 11 is 0. The molecule has 4 rings (SSSR count). The lowest BCUT2D eigenvalue weighted by Crippen LogP contribution is -2.46. The summed E-state index contributed by atoms with van der Waals surface area (Å²) in [5.74, 6) is -1.58. The summed E-state index contributed by atoms with van der Waals surface area (Å²) in [5.41, 5.74) is 1.82. The van der Waals surface area contributed by atoms with E-state index in [1.165, 1.54) is 0 Å². The molecule has 160 valence electrons. The zero-order valence-electron chi connectivity index (χ0n) is 17.4. The zero-order chi connectivity index (χ0) is 22.0. The third-order valence-electron chi connectivity index (χ3n) is 6.07. The van der Waals surface area contributed by atoms with E-state index in [2.05, 4.69) is 5.32 Å². The van der Waals surface area contributed by atoms with Crippen molar-refractivity contribution >= 4 is 29.4 Å². The van der Waals surface area contributed by atoms with Crippen molar-refractivity contribution in [2.75, 3.05) is 5.32 Å². The summed E-state index contributed by atoms with van der Waals surface area (Å²) in [6.07, 6.45) is 3.72. The van der Waals surface area contributed by atoms with Crippen molar-refractivity contribution in [3.63, 3.8) is 0 Å². The van der Waals surface area contributed by atoms with Gasteiger partial charge < -0.3 is 5.32 Å². The summed E-state index contributed by atoms with van der Waals surface area (Å²) in [6.45, 7) is 2.03. The van der Waals surface area contributed by atoms with E-state index in [0.29, 0.717) is 16.8 Å². The van der Waals surface area contributed by atoms with E-state index in [0.717, 1.165) is 35.5 Å². The van der Waals surface area contributed by atoms with Gasteiger partial charge in [-0.25, -0.2) is 4.79 Å². The first kappa shape index (κ1) is 20.8. The minimum absolute atomic E-state index is 0.00158. The van der Waals surface area contributed by atoms with Crippen molar-refractivity contribution in [1.29, 1.82) is 0 Å². The fourth-order valence-electron chi connectivity index (χ4n) is 4.30. The van der Waals surface area contributed by atoms with Gasteiger partial charge in [0.1, 0.15) is 0 Å². The van der Waals surface area contributed by atoms with Crippen LogP contribution in [0.2, 0.25) is 0 Å². The summed E-state index contributed by atoms with van der Waals surface area (Å²) < 4.78 is 0. The summed E-state index contributed by atoms with van der Waals surface area (Å²) in [4.78, 5) is 52.5. The molecule has 2 atom stereocenters. The number of imide groups is 2. The first-order chi connectivity index (χ1) is 15.0. The SMILES string of the molecule is C[C@H]1CCCC[C@@H]1N1C(=O)C(=O)N(Cc2ccc(C(=O)Nc3ccccc3)cc2)C1=O. The second-order valence-corrected chi connectivity index (χ2v) is 8.20. The van der Waals surface area contributed by atoms with Gasteiger partial charge in [0.2, 0.25) is 0 Å². The lowest BCUT2D eigenvalue weighted by Gasteiger charge is -2.34. The standard InChI is InChI=1S/C24H25N3O4/c1-16-7-5-6-10-20(16)27-23(30)22(29)26(24(27)31)15-17-11-13-18(14-12-17)21(28)25-19-8-3-2-4-9-19/h2-4,8-9,11-14,16,20H,5-7,10,15H2,1H3,(H,25,28)/t16-,20-/m0/s1. The van der Waals surface area contributed by atoms with Gasteiger partial charge in [0.05, 0.1) is 6.54 Å². The van der Waals surface area contributed by atoms with Gasteiger partial charge >= 0.3 is 17.8 Å². The molecule has 0 bridgehead atoms. The van der Waals surface area contributed by atoms with Crippen LogP contribution < -0.4 is 5.32 Å². The smallest absolute Gasteiger partial charge is 0.322 e. The molecule has 1 aliphatic carbocycles. The van der Waals surface area contributed by atoms with Gasteiger partial charge in [-0.2, -0.15) is 0 Å². The molecule has 1 saturated carbocycles. The van der Waals surface area contributed by atoms with Crippen LogP contribution in [0.5, 0.6) is 0 Å². The Hall–Kier alpha value is -3.48. The normalized spacial score (nSPS) is 21.5. The molecule has 2 aromatic rings. The maximum absolute atomic E-state index is 12.9. The second kappa shape index (κ2) is 8.71. The molecule has 5 amide bonds. The van der Waals surface area contributed by atoms with E-state index in [1.54, 1.807) is 36.4 Å². The van der Waals surface area contributed by atoms with Crippen LogP contribution in [0.3, 0.4) is 0 Å². The average molecular weight is 419 g/mol. The molecule has 0 aromatic heterocycles. The molecule has 7 heteroatoms. The van der Waals surface area contributed by atoms with Crippen molar-refractivity contribution in [2.24, 2.45) is 5.92 Å². The van der Waals surface area contributed by atoms with Crippen LogP contribution in [0.15, 0.2) is 54.6 Å². The Morgan fingerprint density at radius 1 is 0.935 bits per heavy atom. The largest absolute Gasteiger partial charge is 0.334 e. The number of hydrogen-bond acceptors (Lipinski definition) is 4. The van der Waals surface area contributed by atoms with Crippen LogP contribution in [0, 0.1) is 5.92 Å². The maximum atomic E-state index is 12.9. The predicted octanol–water partition coefficient (Wildman–Crippen LogP) is 3.81. The highest BCUT2D eigenvalue weighted by Crippen LogP contribution is 2.31. The van der Waals surface area contributed by atoms with Crippen molar-refractivity contribution < 1.29 is 19.2 Å². The van der Waals surface area contributed by atoms with Gasteiger partial charge in [0.25, 0.3) is 5.91 Å². The summed E-state index contributed by atoms with van der Waals surface area (Å²) in [6, 6.07) is 15.0. The molecule has 1 saturated heterocycles. The minimum Gasteiger partial charge on any atom is -0.322 e. The maximum Gasteiger partial charge on any atom is 0.334 e. The number of amides is 5. The van der Waals surface area contributed by atoms with Gasteiger partial charge in [-0.1, -0.05) is 50.1 Å². The Bertz CT molecular complexity index is 1000. The number of nitrogens with one attached hydrogen (secondary N) is 1. The number of carbonyl (C=O) groups excluding carboxylic acids is 4. The number of anilines is 1. The third-order valence-corrected chi connectivity index (χ3v) is 6.07. The van der Waals surface area contributed by atoms with Crippen molar-refractivity contribution in [3.05, 3.63) is 65.7 Å². The molecule has 1 aliphatic heterocycles. The molecule has 1 heterocycles. The number of para-hydroxylation sites is 1. The van der Waals surface area contributed by atoms with Crippen molar-refractivity contribution in [3.8, 4) is 0 Å². The fraction of sp³-hybridized carbons (Fsp3) is 0.333. The Morgan fingerprint density at radius 2 is 1.61 bits per heavy atom. The molecule has 7 nitrogen and oxygen atoms in total. The number of rotatable bonds is 5. The molecule has 2 fully saturated rings. The number of urea groups is 1. The Morgan fingerprint density at radius 3 is 2.29 bits per heavy atom. The quantitative estimate of drug-likeness (QED) is 0.590. The predicted molar refractivity (Wildman–Crippen MR) is 115 cm³/mol. The second-order valence-electron chi connectivity index (χ2n) is 8.20. The van der Waals surface area contributed by atoms with Crippen molar-refractivity contribution in [2.45, 2.75) is 45.2 Å². The van der Waals surface area contributed by atoms with Gasteiger partial charge in [0, 0.05) is 17.3 Å². The molecule has 2 aromatic carbocycles. The number of benzene rings is 2. The summed E-state index contributed by atoms with van der Waals surface area (Å²) in [5, 5.41) is 2.81. The Labute approximate surface area is 181 Å². The zero-order valence-corrected chi connectivity index (χ0v) is 17.4. The van der Waals surface area contributed by atoms with Gasteiger partial charge in [-0.3, -0.25) is 24.2 Å². The topological polar surface area (TPSA) is 86.8 Å². The number of nitrogens with zero attached hydrogens (tertiary/aromatic N) is 2. The average Bonchev–Trinajstić information content (AvgIpc) is 2.98. The molecule has 0 radical (unpaired) electrons. The van der Waals surface area contributed by atoms with Gasteiger partial charge in [-0.05, 0) is 48.6 Å². The molecule has 0 unspecified atom stereocenters. The molecular weight excluding hydrogens is 394 g/mol. The Balaban J connectivity index is 1.44. The van der Waals surface area contributed by atoms with E-state index in [-0.39, 0.29) is 24.4 Å². The van der Waals surface area contributed by atoms with E-state index >= 15 is 0 Å². The van der Waals surface area contributed by atoms with Crippen LogP contribution in [-0.4, -0.2) is 39.6 Å². The van der Waals surface area contributed by atoms with Crippen LogP contribution in [-0.2, 0) is 16.1 Å². The molecule has 2 aliphatic rings. The highest BCUT2D eigenvalue weighted by molar-refractivity contribution is 6.44. The highest BCUT2D eigenvalue weighted by atomic mass is 16.2. The number of carbonyl (C=O) groups is 4. The van der Waals surface area contributed by atoms with E-state index in [9.17, 15) is 19.2 Å². The third kappa shape index (κ3) is 4.21. The molecule has 31 heavy (non-hydrogen) atoms. The van der Waals surface area contributed by atoms with Gasteiger partial charge in [0.15, 0.2) is 0 Å². The molecule has 1 N–H and O–H groups in total. The first-order valence-corrected chi connectivity index (χ1v) is 10.6. The van der Waals surface area contributed by atoms with Crippen LogP contribution in [0.25, 0.3) is 0 Å². The van der Waals surface area contributed by atoms with Crippen LogP contribution in [0.1, 0.15) is 48.5 Å². The van der Waals surface area contributed by atoms with E-state index < -0.39 is 17.8 Å². The highest BCUT2D eigenvalue weighted by Gasteiger charge is 2.48. The first-order valence-electron chi connectivity index (χ1n) is 10.6. The number of hydrogen-bond donors (Lipinski definition) is 1. The van der Waals surface area contributed by atoms with Gasteiger partial charge in [-0.15, -0.1) is 0 Å². The molecular formula is C24H25N3O4.